The fourth-order valence-electron chi connectivity index (χ4n) is 2.71. The molecule has 3 N–H and O–H groups in total. The normalized spacial score (nSPS) is 10.3. The standard InChI is InChI=1S/C20H20FN7O3.ClH/c1-12-7-14(31-28-12)10-23-20-22-6-5-17(25-20)24-18-9-19(27-26-18)30-11-13-3-4-15(21)16(8-13)29-2;/h3-9H,10-11H2,1-2H3,(H3,22,23,24,25,26,27);1H. The molecule has 168 valence electrons. The lowest BCUT2D eigenvalue weighted by Crippen LogP contribution is -2.04. The first-order valence-corrected chi connectivity index (χ1v) is 9.36. The molecule has 0 unspecified atom stereocenters. The molecule has 0 radical (unpaired) electrons. The van der Waals surface area contributed by atoms with Crippen LogP contribution in [-0.2, 0) is 13.2 Å². The van der Waals surface area contributed by atoms with Crippen LogP contribution in [0.5, 0.6) is 11.6 Å². The number of aromatic amines is 1. The van der Waals surface area contributed by atoms with Crippen molar-refractivity contribution in [3.05, 3.63) is 65.4 Å². The number of benzene rings is 1. The Bertz CT molecular complexity index is 1170. The number of aromatic nitrogens is 5. The summed E-state index contributed by atoms with van der Waals surface area (Å²) in [7, 11) is 1.41. The second-order valence-corrected chi connectivity index (χ2v) is 6.56. The lowest BCUT2D eigenvalue weighted by Gasteiger charge is -2.06. The summed E-state index contributed by atoms with van der Waals surface area (Å²) in [6.07, 6.45) is 1.62. The van der Waals surface area contributed by atoms with Crippen molar-refractivity contribution >= 4 is 30.0 Å². The third-order valence-electron chi connectivity index (χ3n) is 4.17. The van der Waals surface area contributed by atoms with Crippen LogP contribution in [0.4, 0.5) is 22.0 Å². The van der Waals surface area contributed by atoms with Crippen LogP contribution in [0.15, 0.2) is 47.1 Å². The maximum Gasteiger partial charge on any atom is 0.235 e. The van der Waals surface area contributed by atoms with E-state index >= 15 is 0 Å². The fraction of sp³-hybridized carbons (Fsp3) is 0.200. The van der Waals surface area contributed by atoms with Gasteiger partial charge >= 0.3 is 0 Å². The molecule has 0 spiro atoms. The molecule has 0 aliphatic carbocycles. The van der Waals surface area contributed by atoms with E-state index in [0.717, 1.165) is 11.3 Å². The second kappa shape index (κ2) is 10.4. The second-order valence-electron chi connectivity index (χ2n) is 6.56. The molecule has 32 heavy (non-hydrogen) atoms. The van der Waals surface area contributed by atoms with E-state index in [1.165, 1.54) is 13.2 Å². The predicted octanol–water partition coefficient (Wildman–Crippen LogP) is 4.00. The van der Waals surface area contributed by atoms with Crippen molar-refractivity contribution in [1.29, 1.82) is 0 Å². The van der Waals surface area contributed by atoms with Gasteiger partial charge in [0.15, 0.2) is 17.3 Å². The number of anilines is 3. The smallest absolute Gasteiger partial charge is 0.235 e. The average Bonchev–Trinajstić information content (AvgIpc) is 3.40. The Kier molecular flexibility index (Phi) is 7.45. The van der Waals surface area contributed by atoms with Crippen LogP contribution in [0.3, 0.4) is 0 Å². The Morgan fingerprint density at radius 2 is 2.06 bits per heavy atom. The van der Waals surface area contributed by atoms with Crippen molar-refractivity contribution in [1.82, 2.24) is 25.3 Å². The Hall–Kier alpha value is -3.86. The number of nitrogens with zero attached hydrogens (tertiary/aromatic N) is 4. The minimum Gasteiger partial charge on any atom is -0.494 e. The van der Waals surface area contributed by atoms with E-state index in [-0.39, 0.29) is 24.8 Å². The first-order chi connectivity index (χ1) is 15.1. The minimum atomic E-state index is -0.424. The van der Waals surface area contributed by atoms with Crippen LogP contribution in [-0.4, -0.2) is 32.4 Å². The molecule has 0 atom stereocenters. The van der Waals surface area contributed by atoms with Crippen molar-refractivity contribution in [3.8, 4) is 11.6 Å². The molecule has 3 heterocycles. The van der Waals surface area contributed by atoms with Crippen LogP contribution in [0.25, 0.3) is 0 Å². The topological polar surface area (TPSA) is 123 Å². The molecule has 0 fully saturated rings. The van der Waals surface area contributed by atoms with E-state index in [0.29, 0.717) is 35.8 Å². The number of methoxy groups -OCH3 is 1. The summed E-state index contributed by atoms with van der Waals surface area (Å²) in [6.45, 7) is 2.48. The minimum absolute atomic E-state index is 0. The highest BCUT2D eigenvalue weighted by Crippen LogP contribution is 2.21. The molecule has 0 aliphatic rings. The Labute approximate surface area is 189 Å². The molecule has 12 heteroatoms. The highest BCUT2D eigenvalue weighted by Gasteiger charge is 2.08. The molecule has 0 saturated heterocycles. The highest BCUT2D eigenvalue weighted by molar-refractivity contribution is 5.85. The molecule has 0 saturated carbocycles. The number of halogens is 2. The zero-order valence-electron chi connectivity index (χ0n) is 17.3. The van der Waals surface area contributed by atoms with Crippen LogP contribution in [0.2, 0.25) is 0 Å². The van der Waals surface area contributed by atoms with Gasteiger partial charge in [-0.25, -0.2) is 9.37 Å². The van der Waals surface area contributed by atoms with Crippen LogP contribution < -0.4 is 20.1 Å². The Balaban J connectivity index is 0.00000289. The number of hydrogen-bond acceptors (Lipinski definition) is 9. The van der Waals surface area contributed by atoms with Gasteiger partial charge in [-0.05, 0) is 30.7 Å². The van der Waals surface area contributed by atoms with Gasteiger partial charge in [-0.15, -0.1) is 17.5 Å². The van der Waals surface area contributed by atoms with E-state index in [9.17, 15) is 4.39 Å². The van der Waals surface area contributed by atoms with Gasteiger partial charge in [-0.2, -0.15) is 4.98 Å². The Morgan fingerprint density at radius 1 is 1.19 bits per heavy atom. The fourth-order valence-corrected chi connectivity index (χ4v) is 2.71. The van der Waals surface area contributed by atoms with Crippen LogP contribution in [0.1, 0.15) is 17.0 Å². The van der Waals surface area contributed by atoms with Gasteiger partial charge in [0.2, 0.25) is 11.8 Å². The molecule has 4 rings (SSSR count). The summed E-state index contributed by atoms with van der Waals surface area (Å²) in [6, 6.07) is 9.78. The maximum atomic E-state index is 13.5. The van der Waals surface area contributed by atoms with Crippen molar-refractivity contribution in [3.63, 3.8) is 0 Å². The van der Waals surface area contributed by atoms with Crippen molar-refractivity contribution in [2.24, 2.45) is 0 Å². The zero-order chi connectivity index (χ0) is 21.6. The lowest BCUT2D eigenvalue weighted by molar-refractivity contribution is 0.292. The van der Waals surface area contributed by atoms with Gasteiger partial charge in [0.25, 0.3) is 0 Å². The summed E-state index contributed by atoms with van der Waals surface area (Å²) in [5.41, 5.74) is 1.56. The average molecular weight is 462 g/mol. The number of H-pyrrole nitrogens is 1. The largest absolute Gasteiger partial charge is 0.494 e. The molecular formula is C20H21ClFN7O3. The monoisotopic (exact) mass is 461 g/mol. The number of ether oxygens (including phenoxy) is 2. The molecule has 0 amide bonds. The van der Waals surface area contributed by atoms with Crippen LogP contribution in [0, 0.1) is 12.7 Å². The molecule has 0 bridgehead atoms. The summed E-state index contributed by atoms with van der Waals surface area (Å²) < 4.78 is 29.3. The quantitative estimate of drug-likeness (QED) is 0.339. The third kappa shape index (κ3) is 5.85. The number of hydrogen-bond donors (Lipinski definition) is 3. The Morgan fingerprint density at radius 3 is 2.84 bits per heavy atom. The van der Waals surface area contributed by atoms with Gasteiger partial charge in [-0.3, -0.25) is 5.10 Å². The summed E-state index contributed by atoms with van der Waals surface area (Å²) >= 11 is 0. The molecule has 3 aromatic heterocycles. The molecule has 10 nitrogen and oxygen atoms in total. The van der Waals surface area contributed by atoms with Gasteiger partial charge in [-0.1, -0.05) is 11.2 Å². The zero-order valence-corrected chi connectivity index (χ0v) is 18.1. The van der Waals surface area contributed by atoms with E-state index in [4.69, 9.17) is 14.0 Å². The lowest BCUT2D eigenvalue weighted by atomic mass is 10.2. The van der Waals surface area contributed by atoms with Crippen molar-refractivity contribution < 1.29 is 18.4 Å². The predicted molar refractivity (Wildman–Crippen MR) is 117 cm³/mol. The first-order valence-electron chi connectivity index (χ1n) is 9.36. The van der Waals surface area contributed by atoms with Crippen molar-refractivity contribution in [2.75, 3.05) is 17.7 Å². The summed E-state index contributed by atoms with van der Waals surface area (Å²) in [4.78, 5) is 8.57. The molecule has 4 aromatic rings. The SMILES string of the molecule is COc1cc(COc2cc(Nc3ccnc(NCc4cc(C)no4)n3)[nH]n2)ccc1F.Cl. The number of rotatable bonds is 9. The van der Waals surface area contributed by atoms with Gasteiger partial charge in [0.1, 0.15) is 18.2 Å². The van der Waals surface area contributed by atoms with Gasteiger partial charge in [0.05, 0.1) is 19.3 Å². The third-order valence-corrected chi connectivity index (χ3v) is 4.17. The molecule has 1 aromatic carbocycles. The highest BCUT2D eigenvalue weighted by atomic mass is 35.5. The summed E-state index contributed by atoms with van der Waals surface area (Å²) in [5.74, 6) is 2.38. The summed E-state index contributed by atoms with van der Waals surface area (Å²) in [5, 5.41) is 16.9. The molecule has 0 aliphatic heterocycles. The van der Waals surface area contributed by atoms with Crippen molar-refractivity contribution in [2.45, 2.75) is 20.1 Å². The van der Waals surface area contributed by atoms with E-state index < -0.39 is 5.82 Å². The first kappa shape index (κ1) is 22.8. The van der Waals surface area contributed by atoms with E-state index in [1.54, 1.807) is 30.5 Å². The van der Waals surface area contributed by atoms with E-state index in [1.807, 2.05) is 13.0 Å². The van der Waals surface area contributed by atoms with Gasteiger partial charge in [0, 0.05) is 18.3 Å². The van der Waals surface area contributed by atoms with E-state index in [2.05, 4.69) is 36.0 Å². The van der Waals surface area contributed by atoms with Crippen LogP contribution >= 0.6 is 12.4 Å². The van der Waals surface area contributed by atoms with Gasteiger partial charge < -0.3 is 24.6 Å². The number of aryl methyl sites for hydroxylation is 1. The maximum absolute atomic E-state index is 13.5. The molecular weight excluding hydrogens is 441 g/mol. The number of nitrogens with one attached hydrogen (secondary N) is 3.